The van der Waals surface area contributed by atoms with Gasteiger partial charge in [-0.1, -0.05) is 18.2 Å². The van der Waals surface area contributed by atoms with E-state index in [1.54, 1.807) is 31.2 Å². The molecule has 29 heavy (non-hydrogen) atoms. The summed E-state index contributed by atoms with van der Waals surface area (Å²) in [6, 6.07) is 14.2. The zero-order valence-corrected chi connectivity index (χ0v) is 16.8. The molecule has 0 aromatic heterocycles. The predicted molar refractivity (Wildman–Crippen MR) is 111 cm³/mol. The van der Waals surface area contributed by atoms with Gasteiger partial charge in [-0.2, -0.15) is 0 Å². The Hall–Kier alpha value is -3.15. The second kappa shape index (κ2) is 9.37. The van der Waals surface area contributed by atoms with E-state index < -0.39 is 0 Å². The van der Waals surface area contributed by atoms with E-state index in [4.69, 9.17) is 4.74 Å². The molecule has 0 bridgehead atoms. The molecule has 3 rings (SSSR count). The third-order valence-corrected chi connectivity index (χ3v) is 5.19. The normalized spacial score (nSPS) is 14.3. The maximum Gasteiger partial charge on any atom is 0.338 e. The summed E-state index contributed by atoms with van der Waals surface area (Å²) in [5.41, 5.74) is 2.77. The lowest BCUT2D eigenvalue weighted by molar-refractivity contribution is -0.121. The van der Waals surface area contributed by atoms with Gasteiger partial charge in [0.05, 0.1) is 12.2 Å². The standard InChI is InChI=1S/C23H26N2O4/c1-3-29-23(28)18-8-10-19(11-9-18)24-21(26)17-12-14-25(15-13-17)22(27)20-7-5-4-6-16(20)2/h4-11,17H,3,12-15H2,1-2H3,(H,24,26). The van der Waals surface area contributed by atoms with Crippen LogP contribution in [0.2, 0.25) is 0 Å². The number of hydrogen-bond donors (Lipinski definition) is 1. The van der Waals surface area contributed by atoms with Crippen molar-refractivity contribution in [3.63, 3.8) is 0 Å². The first-order valence-corrected chi connectivity index (χ1v) is 9.92. The Bertz CT molecular complexity index is 884. The molecule has 1 aliphatic rings. The Morgan fingerprint density at radius 2 is 1.69 bits per heavy atom. The van der Waals surface area contributed by atoms with Gasteiger partial charge in [0.2, 0.25) is 5.91 Å². The van der Waals surface area contributed by atoms with Crippen molar-refractivity contribution in [2.75, 3.05) is 25.0 Å². The van der Waals surface area contributed by atoms with Gasteiger partial charge in [0, 0.05) is 30.3 Å². The van der Waals surface area contributed by atoms with Crippen LogP contribution in [0.5, 0.6) is 0 Å². The van der Waals surface area contributed by atoms with Gasteiger partial charge in [-0.3, -0.25) is 9.59 Å². The molecule has 2 aromatic rings. The van der Waals surface area contributed by atoms with E-state index in [-0.39, 0.29) is 23.7 Å². The first-order valence-electron chi connectivity index (χ1n) is 9.92. The van der Waals surface area contributed by atoms with E-state index in [1.165, 1.54) is 0 Å². The molecule has 6 heteroatoms. The lowest BCUT2D eigenvalue weighted by Crippen LogP contribution is -2.41. The van der Waals surface area contributed by atoms with Gasteiger partial charge in [-0.25, -0.2) is 4.79 Å². The summed E-state index contributed by atoms with van der Waals surface area (Å²) in [6.07, 6.45) is 1.26. The number of aryl methyl sites for hydroxylation is 1. The molecule has 1 aliphatic heterocycles. The van der Waals surface area contributed by atoms with Crippen LogP contribution in [0, 0.1) is 12.8 Å². The molecule has 2 amide bonds. The summed E-state index contributed by atoms with van der Waals surface area (Å²) in [5.74, 6) is -0.551. The second-order valence-corrected chi connectivity index (χ2v) is 7.17. The monoisotopic (exact) mass is 394 g/mol. The molecule has 1 fully saturated rings. The number of esters is 1. The molecule has 0 aliphatic carbocycles. The minimum absolute atomic E-state index is 0.0245. The quantitative estimate of drug-likeness (QED) is 0.785. The smallest absolute Gasteiger partial charge is 0.338 e. The van der Waals surface area contributed by atoms with Crippen LogP contribution in [0.3, 0.4) is 0 Å². The topological polar surface area (TPSA) is 75.7 Å². The minimum Gasteiger partial charge on any atom is -0.462 e. The highest BCUT2D eigenvalue weighted by Crippen LogP contribution is 2.22. The molecule has 2 aromatic carbocycles. The van der Waals surface area contributed by atoms with Gasteiger partial charge in [-0.05, 0) is 62.6 Å². The van der Waals surface area contributed by atoms with Crippen LogP contribution in [0.4, 0.5) is 5.69 Å². The van der Waals surface area contributed by atoms with Crippen LogP contribution in [-0.2, 0) is 9.53 Å². The second-order valence-electron chi connectivity index (χ2n) is 7.17. The molecule has 152 valence electrons. The van der Waals surface area contributed by atoms with Crippen molar-refractivity contribution in [2.45, 2.75) is 26.7 Å². The number of nitrogens with one attached hydrogen (secondary N) is 1. The lowest BCUT2D eigenvalue weighted by Gasteiger charge is -2.31. The fraction of sp³-hybridized carbons (Fsp3) is 0.348. The highest BCUT2D eigenvalue weighted by atomic mass is 16.5. The Kier molecular flexibility index (Phi) is 6.65. The van der Waals surface area contributed by atoms with Crippen molar-refractivity contribution in [3.05, 3.63) is 65.2 Å². The summed E-state index contributed by atoms with van der Waals surface area (Å²) in [5, 5.41) is 2.90. The largest absolute Gasteiger partial charge is 0.462 e. The third-order valence-electron chi connectivity index (χ3n) is 5.19. The molecule has 0 atom stereocenters. The van der Waals surface area contributed by atoms with Gasteiger partial charge in [0.15, 0.2) is 0 Å². The highest BCUT2D eigenvalue weighted by Gasteiger charge is 2.28. The molecular formula is C23H26N2O4. The molecular weight excluding hydrogens is 368 g/mol. The van der Waals surface area contributed by atoms with Gasteiger partial charge in [0.1, 0.15) is 0 Å². The van der Waals surface area contributed by atoms with E-state index in [9.17, 15) is 14.4 Å². The molecule has 1 N–H and O–H groups in total. The fourth-order valence-corrected chi connectivity index (χ4v) is 3.48. The van der Waals surface area contributed by atoms with Crippen LogP contribution >= 0.6 is 0 Å². The molecule has 0 spiro atoms. The van der Waals surface area contributed by atoms with Gasteiger partial charge in [-0.15, -0.1) is 0 Å². The molecule has 1 heterocycles. The maximum absolute atomic E-state index is 12.7. The van der Waals surface area contributed by atoms with Crippen molar-refractivity contribution in [1.29, 1.82) is 0 Å². The average Bonchev–Trinajstić information content (AvgIpc) is 2.74. The number of anilines is 1. The number of hydrogen-bond acceptors (Lipinski definition) is 4. The summed E-state index contributed by atoms with van der Waals surface area (Å²) in [7, 11) is 0. The Morgan fingerprint density at radius 1 is 1.03 bits per heavy atom. The number of piperidine rings is 1. The number of nitrogens with zero attached hydrogens (tertiary/aromatic N) is 1. The first-order chi connectivity index (χ1) is 14.0. The molecule has 0 unspecified atom stereocenters. The molecule has 1 saturated heterocycles. The Labute approximate surface area is 170 Å². The fourth-order valence-electron chi connectivity index (χ4n) is 3.48. The molecule has 0 saturated carbocycles. The summed E-state index contributed by atoms with van der Waals surface area (Å²) in [6.45, 7) is 5.13. The zero-order valence-electron chi connectivity index (χ0n) is 16.8. The Balaban J connectivity index is 1.53. The number of amides is 2. The van der Waals surface area contributed by atoms with Gasteiger partial charge < -0.3 is 15.0 Å². The SMILES string of the molecule is CCOC(=O)c1ccc(NC(=O)C2CCN(C(=O)c3ccccc3C)CC2)cc1. The number of carbonyl (C=O) groups excluding carboxylic acids is 3. The number of carbonyl (C=O) groups is 3. The number of benzene rings is 2. The Morgan fingerprint density at radius 3 is 2.31 bits per heavy atom. The van der Waals surface area contributed by atoms with E-state index >= 15 is 0 Å². The van der Waals surface area contributed by atoms with E-state index in [2.05, 4.69) is 5.32 Å². The van der Waals surface area contributed by atoms with E-state index in [0.29, 0.717) is 43.8 Å². The summed E-state index contributed by atoms with van der Waals surface area (Å²) in [4.78, 5) is 38.8. The number of likely N-dealkylation sites (tertiary alicyclic amines) is 1. The predicted octanol–water partition coefficient (Wildman–Crippen LogP) is 3.66. The van der Waals surface area contributed by atoms with Crippen LogP contribution < -0.4 is 5.32 Å². The van der Waals surface area contributed by atoms with E-state index in [1.807, 2.05) is 36.1 Å². The van der Waals surface area contributed by atoms with Gasteiger partial charge >= 0.3 is 5.97 Å². The molecule has 0 radical (unpaired) electrons. The van der Waals surface area contributed by atoms with Crippen LogP contribution in [0.1, 0.15) is 46.0 Å². The minimum atomic E-state index is -0.379. The van der Waals surface area contributed by atoms with Crippen LogP contribution in [-0.4, -0.2) is 42.4 Å². The van der Waals surface area contributed by atoms with Crippen molar-refractivity contribution < 1.29 is 19.1 Å². The third kappa shape index (κ3) is 5.02. The highest BCUT2D eigenvalue weighted by molar-refractivity contribution is 5.96. The van der Waals surface area contributed by atoms with Crippen molar-refractivity contribution in [3.8, 4) is 0 Å². The molecule has 6 nitrogen and oxygen atoms in total. The number of rotatable bonds is 5. The van der Waals surface area contributed by atoms with Crippen molar-refractivity contribution in [1.82, 2.24) is 4.90 Å². The van der Waals surface area contributed by atoms with Crippen LogP contribution in [0.15, 0.2) is 48.5 Å². The van der Waals surface area contributed by atoms with Crippen molar-refractivity contribution >= 4 is 23.5 Å². The van der Waals surface area contributed by atoms with Gasteiger partial charge in [0.25, 0.3) is 5.91 Å². The zero-order chi connectivity index (χ0) is 20.8. The average molecular weight is 394 g/mol. The maximum atomic E-state index is 12.7. The first kappa shape index (κ1) is 20.6. The number of ether oxygens (including phenoxy) is 1. The summed E-state index contributed by atoms with van der Waals surface area (Å²) >= 11 is 0. The van der Waals surface area contributed by atoms with E-state index in [0.717, 1.165) is 11.1 Å². The van der Waals surface area contributed by atoms with Crippen LogP contribution in [0.25, 0.3) is 0 Å². The summed E-state index contributed by atoms with van der Waals surface area (Å²) < 4.78 is 4.95. The van der Waals surface area contributed by atoms with Crippen molar-refractivity contribution in [2.24, 2.45) is 5.92 Å². The lowest BCUT2D eigenvalue weighted by atomic mass is 9.95.